The van der Waals surface area contributed by atoms with E-state index in [0.717, 1.165) is 25.3 Å². The smallest absolute Gasteiger partial charge is 0.118 e. The van der Waals surface area contributed by atoms with Gasteiger partial charge in [-0.15, -0.1) is 0 Å². The van der Waals surface area contributed by atoms with E-state index >= 15 is 0 Å². The lowest BCUT2D eigenvalue weighted by atomic mass is 9.83. The Hall–Kier alpha value is -1.02. The van der Waals surface area contributed by atoms with E-state index in [1.165, 1.54) is 24.8 Å². The Labute approximate surface area is 118 Å². The Morgan fingerprint density at radius 3 is 2.32 bits per heavy atom. The average Bonchev–Trinajstić information content (AvgIpc) is 2.42. The van der Waals surface area contributed by atoms with E-state index in [1.54, 1.807) is 7.11 Å². The third kappa shape index (κ3) is 6.63. The molecule has 0 aliphatic heterocycles. The minimum absolute atomic E-state index is 0.403. The van der Waals surface area contributed by atoms with Crippen LogP contribution in [0.4, 0.5) is 0 Å². The molecule has 0 aliphatic carbocycles. The average molecular weight is 263 g/mol. The van der Waals surface area contributed by atoms with Crippen molar-refractivity contribution in [1.82, 2.24) is 5.32 Å². The Kier molecular flexibility index (Phi) is 6.93. The molecular weight excluding hydrogens is 234 g/mol. The van der Waals surface area contributed by atoms with E-state index in [0.29, 0.717) is 5.41 Å². The van der Waals surface area contributed by atoms with Gasteiger partial charge < -0.3 is 10.1 Å². The minimum atomic E-state index is 0.403. The quantitative estimate of drug-likeness (QED) is 0.679. The van der Waals surface area contributed by atoms with Crippen LogP contribution in [-0.4, -0.2) is 20.2 Å². The van der Waals surface area contributed by atoms with Crippen LogP contribution in [0, 0.1) is 5.41 Å². The van der Waals surface area contributed by atoms with Crippen molar-refractivity contribution in [2.24, 2.45) is 5.41 Å². The number of benzene rings is 1. The summed E-state index contributed by atoms with van der Waals surface area (Å²) in [6, 6.07) is 8.44. The van der Waals surface area contributed by atoms with Gasteiger partial charge in [0.1, 0.15) is 5.75 Å². The monoisotopic (exact) mass is 263 g/mol. The van der Waals surface area contributed by atoms with Crippen molar-refractivity contribution in [2.75, 3.05) is 20.2 Å². The van der Waals surface area contributed by atoms with Gasteiger partial charge in [-0.2, -0.15) is 0 Å². The van der Waals surface area contributed by atoms with Crippen molar-refractivity contribution in [3.8, 4) is 5.75 Å². The minimum Gasteiger partial charge on any atom is -0.497 e. The number of ether oxygens (including phenoxy) is 1. The fourth-order valence-corrected chi connectivity index (χ4v) is 2.13. The molecule has 0 spiro atoms. The lowest BCUT2D eigenvalue weighted by molar-refractivity contribution is 0.302. The van der Waals surface area contributed by atoms with Crippen LogP contribution in [0.25, 0.3) is 0 Å². The van der Waals surface area contributed by atoms with Crippen LogP contribution in [0.15, 0.2) is 24.3 Å². The molecule has 0 amide bonds. The van der Waals surface area contributed by atoms with Crippen LogP contribution < -0.4 is 10.1 Å². The second-order valence-electron chi connectivity index (χ2n) is 6.01. The van der Waals surface area contributed by atoms with Crippen LogP contribution in [0.3, 0.4) is 0 Å². The molecule has 1 rings (SSSR count). The summed E-state index contributed by atoms with van der Waals surface area (Å²) >= 11 is 0. The van der Waals surface area contributed by atoms with Crippen molar-refractivity contribution in [3.63, 3.8) is 0 Å². The maximum atomic E-state index is 5.18. The van der Waals surface area contributed by atoms with Gasteiger partial charge in [-0.25, -0.2) is 0 Å². The Morgan fingerprint density at radius 2 is 1.74 bits per heavy atom. The standard InChI is InChI=1S/C17H29NO/c1-5-13-18-14-12-17(2,3)11-10-15-6-8-16(19-4)9-7-15/h6-9,18H,5,10-14H2,1-4H3. The lowest BCUT2D eigenvalue weighted by Crippen LogP contribution is -2.23. The Bertz CT molecular complexity index is 343. The van der Waals surface area contributed by atoms with Gasteiger partial charge in [0.15, 0.2) is 0 Å². The van der Waals surface area contributed by atoms with Crippen LogP contribution in [-0.2, 0) is 6.42 Å². The maximum absolute atomic E-state index is 5.18. The van der Waals surface area contributed by atoms with Gasteiger partial charge in [0.25, 0.3) is 0 Å². The summed E-state index contributed by atoms with van der Waals surface area (Å²) in [5.74, 6) is 0.937. The van der Waals surface area contributed by atoms with Crippen LogP contribution >= 0.6 is 0 Å². The summed E-state index contributed by atoms with van der Waals surface area (Å²) in [6.07, 6.45) is 4.83. The van der Waals surface area contributed by atoms with Crippen molar-refractivity contribution < 1.29 is 4.74 Å². The van der Waals surface area contributed by atoms with Gasteiger partial charge in [0, 0.05) is 0 Å². The normalized spacial score (nSPS) is 11.6. The third-order valence-corrected chi connectivity index (χ3v) is 3.65. The molecule has 108 valence electrons. The fourth-order valence-electron chi connectivity index (χ4n) is 2.13. The highest BCUT2D eigenvalue weighted by atomic mass is 16.5. The summed E-state index contributed by atoms with van der Waals surface area (Å²) in [7, 11) is 1.71. The van der Waals surface area contributed by atoms with Crippen molar-refractivity contribution in [2.45, 2.75) is 46.5 Å². The van der Waals surface area contributed by atoms with Gasteiger partial charge in [-0.1, -0.05) is 32.9 Å². The molecule has 0 saturated heterocycles. The zero-order valence-corrected chi connectivity index (χ0v) is 13.0. The van der Waals surface area contributed by atoms with E-state index in [2.05, 4.69) is 38.2 Å². The zero-order chi connectivity index (χ0) is 14.1. The molecule has 0 bridgehead atoms. The highest BCUT2D eigenvalue weighted by Gasteiger charge is 2.16. The largest absolute Gasteiger partial charge is 0.497 e. The molecule has 0 atom stereocenters. The van der Waals surface area contributed by atoms with E-state index in [9.17, 15) is 0 Å². The molecule has 2 heteroatoms. The van der Waals surface area contributed by atoms with Crippen LogP contribution in [0.1, 0.15) is 45.6 Å². The third-order valence-electron chi connectivity index (χ3n) is 3.65. The van der Waals surface area contributed by atoms with Gasteiger partial charge in [-0.3, -0.25) is 0 Å². The molecule has 1 aromatic carbocycles. The van der Waals surface area contributed by atoms with Crippen molar-refractivity contribution in [3.05, 3.63) is 29.8 Å². The SMILES string of the molecule is CCCNCCC(C)(C)CCc1ccc(OC)cc1. The first-order chi connectivity index (χ1) is 9.07. The summed E-state index contributed by atoms with van der Waals surface area (Å²) in [6.45, 7) is 9.20. The molecule has 0 aliphatic rings. The van der Waals surface area contributed by atoms with Crippen molar-refractivity contribution >= 4 is 0 Å². The molecule has 0 saturated carbocycles. The maximum Gasteiger partial charge on any atom is 0.118 e. The predicted octanol–water partition coefficient (Wildman–Crippen LogP) is 4.04. The molecule has 1 N–H and O–H groups in total. The van der Waals surface area contributed by atoms with Crippen LogP contribution in [0.5, 0.6) is 5.75 Å². The number of rotatable bonds is 9. The molecule has 0 aromatic heterocycles. The molecule has 0 heterocycles. The van der Waals surface area contributed by atoms with Crippen LogP contribution in [0.2, 0.25) is 0 Å². The number of nitrogens with one attached hydrogen (secondary N) is 1. The molecule has 0 unspecified atom stereocenters. The van der Waals surface area contributed by atoms with Gasteiger partial charge in [0.2, 0.25) is 0 Å². The van der Waals surface area contributed by atoms with Crippen molar-refractivity contribution in [1.29, 1.82) is 0 Å². The highest BCUT2D eigenvalue weighted by molar-refractivity contribution is 5.27. The first kappa shape index (κ1) is 16.0. The second kappa shape index (κ2) is 8.21. The molecule has 0 radical (unpaired) electrons. The molecule has 19 heavy (non-hydrogen) atoms. The summed E-state index contributed by atoms with van der Waals surface area (Å²) in [5, 5.41) is 3.49. The number of methoxy groups -OCH3 is 1. The van der Waals surface area contributed by atoms with E-state index in [4.69, 9.17) is 4.74 Å². The van der Waals surface area contributed by atoms with Gasteiger partial charge in [-0.05, 0) is 61.9 Å². The van der Waals surface area contributed by atoms with E-state index in [1.807, 2.05) is 12.1 Å². The molecule has 2 nitrogen and oxygen atoms in total. The molecular formula is C17H29NO. The Morgan fingerprint density at radius 1 is 1.05 bits per heavy atom. The predicted molar refractivity (Wildman–Crippen MR) is 82.9 cm³/mol. The topological polar surface area (TPSA) is 21.3 Å². The highest BCUT2D eigenvalue weighted by Crippen LogP contribution is 2.27. The lowest BCUT2D eigenvalue weighted by Gasteiger charge is -2.25. The number of aryl methyl sites for hydroxylation is 1. The molecule has 1 aromatic rings. The van der Waals surface area contributed by atoms with Gasteiger partial charge >= 0.3 is 0 Å². The zero-order valence-electron chi connectivity index (χ0n) is 13.0. The summed E-state index contributed by atoms with van der Waals surface area (Å²) in [5.41, 5.74) is 1.80. The van der Waals surface area contributed by atoms with E-state index < -0.39 is 0 Å². The van der Waals surface area contributed by atoms with Gasteiger partial charge in [0.05, 0.1) is 7.11 Å². The van der Waals surface area contributed by atoms with E-state index in [-0.39, 0.29) is 0 Å². The number of hydrogen-bond donors (Lipinski definition) is 1. The Balaban J connectivity index is 2.32. The number of hydrogen-bond acceptors (Lipinski definition) is 2. The summed E-state index contributed by atoms with van der Waals surface area (Å²) in [4.78, 5) is 0. The fraction of sp³-hybridized carbons (Fsp3) is 0.647. The second-order valence-corrected chi connectivity index (χ2v) is 6.01. The first-order valence-corrected chi connectivity index (χ1v) is 7.41. The summed E-state index contributed by atoms with van der Waals surface area (Å²) < 4.78 is 5.18. The first-order valence-electron chi connectivity index (χ1n) is 7.41. The molecule has 0 fully saturated rings.